The zero-order valence-electron chi connectivity index (χ0n) is 17.4. The lowest BCUT2D eigenvalue weighted by Gasteiger charge is -2.18. The van der Waals surface area contributed by atoms with Crippen molar-refractivity contribution in [2.24, 2.45) is 0 Å². The van der Waals surface area contributed by atoms with Crippen molar-refractivity contribution in [3.8, 4) is 33.8 Å². The molecule has 0 aromatic heterocycles. The van der Waals surface area contributed by atoms with Gasteiger partial charge in [-0.15, -0.1) is 0 Å². The molecule has 0 saturated carbocycles. The highest BCUT2D eigenvalue weighted by Crippen LogP contribution is 2.51. The van der Waals surface area contributed by atoms with E-state index in [1.54, 1.807) is 60.7 Å². The Labute approximate surface area is 218 Å². The zero-order chi connectivity index (χ0) is 25.3. The molecule has 0 unspecified atom stereocenters. The molecule has 0 saturated heterocycles. The van der Waals surface area contributed by atoms with Crippen molar-refractivity contribution in [1.82, 2.24) is 0 Å². The summed E-state index contributed by atoms with van der Waals surface area (Å²) in [5.41, 5.74) is 0.478. The minimum Gasteiger partial charge on any atom is -0.456 e. The Balaban J connectivity index is 2.01. The number of halogens is 4. The Morgan fingerprint density at radius 1 is 0.600 bits per heavy atom. The molecule has 0 radical (unpaired) electrons. The van der Waals surface area contributed by atoms with Gasteiger partial charge in [0.2, 0.25) is 0 Å². The van der Waals surface area contributed by atoms with Gasteiger partial charge in [-0.05, 0) is 11.1 Å². The second kappa shape index (κ2) is 10.1. The molecule has 0 bridgehead atoms. The van der Waals surface area contributed by atoms with E-state index < -0.39 is 21.2 Å². The van der Waals surface area contributed by atoms with Gasteiger partial charge in [0.1, 0.15) is 31.6 Å². The lowest BCUT2D eigenvalue weighted by atomic mass is 10.0. The number of nitro groups is 2. The van der Waals surface area contributed by atoms with Gasteiger partial charge >= 0.3 is 11.4 Å². The number of hydrogen-bond donors (Lipinski definition) is 0. The van der Waals surface area contributed by atoms with Gasteiger partial charge in [-0.25, -0.2) is 0 Å². The van der Waals surface area contributed by atoms with E-state index in [0.29, 0.717) is 11.1 Å². The zero-order valence-corrected chi connectivity index (χ0v) is 20.4. The summed E-state index contributed by atoms with van der Waals surface area (Å²) in [7, 11) is 0. The lowest BCUT2D eigenvalue weighted by molar-refractivity contribution is -0.384. The van der Waals surface area contributed by atoms with E-state index in [1.807, 2.05) is 0 Å². The van der Waals surface area contributed by atoms with Crippen LogP contribution in [0.2, 0.25) is 20.1 Å². The number of benzene rings is 4. The molecule has 0 heterocycles. The number of nitrogens with zero attached hydrogens (tertiary/aromatic N) is 2. The van der Waals surface area contributed by atoms with Gasteiger partial charge in [-0.2, -0.15) is 0 Å². The fourth-order valence-corrected chi connectivity index (χ4v) is 4.90. The Hall–Kier alpha value is -3.36. The van der Waals surface area contributed by atoms with E-state index in [-0.39, 0.29) is 42.7 Å². The van der Waals surface area contributed by atoms with Crippen LogP contribution < -0.4 is 4.74 Å². The van der Waals surface area contributed by atoms with Crippen LogP contribution in [0.4, 0.5) is 11.4 Å². The van der Waals surface area contributed by atoms with Gasteiger partial charge in [0.15, 0.2) is 0 Å². The maximum absolute atomic E-state index is 11.6. The van der Waals surface area contributed by atoms with Crippen LogP contribution in [-0.4, -0.2) is 9.85 Å². The van der Waals surface area contributed by atoms with Crippen molar-refractivity contribution < 1.29 is 14.6 Å². The first kappa shape index (κ1) is 24.8. The smallest absolute Gasteiger partial charge is 0.307 e. The van der Waals surface area contributed by atoms with Crippen LogP contribution in [0.25, 0.3) is 22.3 Å². The largest absolute Gasteiger partial charge is 0.456 e. The molecule has 7 nitrogen and oxygen atoms in total. The predicted molar refractivity (Wildman–Crippen MR) is 137 cm³/mol. The summed E-state index contributed by atoms with van der Waals surface area (Å²) in [5.74, 6) is 0.130. The van der Waals surface area contributed by atoms with Gasteiger partial charge in [0, 0.05) is 12.1 Å². The van der Waals surface area contributed by atoms with Crippen molar-refractivity contribution in [3.05, 3.63) is 113 Å². The van der Waals surface area contributed by atoms with Crippen molar-refractivity contribution >= 4 is 57.8 Å². The lowest BCUT2D eigenvalue weighted by Crippen LogP contribution is -1.99. The van der Waals surface area contributed by atoms with Crippen LogP contribution >= 0.6 is 46.4 Å². The third-order valence-corrected chi connectivity index (χ3v) is 6.34. The normalized spacial score (nSPS) is 10.7. The first-order valence-corrected chi connectivity index (χ1v) is 11.3. The fourth-order valence-electron chi connectivity index (χ4n) is 3.54. The van der Waals surface area contributed by atoms with Gasteiger partial charge in [0.05, 0.1) is 21.0 Å². The number of nitro benzene ring substituents is 2. The summed E-state index contributed by atoms with van der Waals surface area (Å²) in [6, 6.07) is 19.7. The second-order valence-corrected chi connectivity index (χ2v) is 8.71. The first-order chi connectivity index (χ1) is 16.7. The molecule has 11 heteroatoms. The molecule has 0 amide bonds. The topological polar surface area (TPSA) is 95.5 Å². The molecular weight excluding hydrogens is 538 g/mol. The maximum Gasteiger partial charge on any atom is 0.307 e. The minimum absolute atomic E-state index is 0.0648. The van der Waals surface area contributed by atoms with Crippen molar-refractivity contribution in [2.75, 3.05) is 0 Å². The van der Waals surface area contributed by atoms with Crippen LogP contribution in [0.15, 0.2) is 72.8 Å². The summed E-state index contributed by atoms with van der Waals surface area (Å²) in [5, 5.41) is 22.3. The average molecular weight is 550 g/mol. The molecule has 4 aromatic rings. The molecule has 0 aliphatic carbocycles. The van der Waals surface area contributed by atoms with Gasteiger partial charge in [0.25, 0.3) is 0 Å². The van der Waals surface area contributed by atoms with Crippen LogP contribution in [0, 0.1) is 20.2 Å². The Morgan fingerprint density at radius 3 is 1.26 bits per heavy atom. The standard InChI is InChI=1S/C24H12Cl4N2O5/c25-15-11-17(19(13-7-3-1-4-8-13)21(27)23(15)29(31)32)35-18-12-16(26)24(30(33)34)22(28)20(18)14-9-5-2-6-10-14/h1-12H. The van der Waals surface area contributed by atoms with E-state index >= 15 is 0 Å². The third kappa shape index (κ3) is 4.76. The Bertz CT molecular complexity index is 1350. The Morgan fingerprint density at radius 2 is 0.943 bits per heavy atom. The molecule has 0 atom stereocenters. The number of hydrogen-bond acceptors (Lipinski definition) is 5. The quantitative estimate of drug-likeness (QED) is 0.176. The molecule has 0 spiro atoms. The molecule has 0 fully saturated rings. The molecule has 0 aliphatic heterocycles. The van der Waals surface area contributed by atoms with E-state index in [9.17, 15) is 20.2 Å². The monoisotopic (exact) mass is 548 g/mol. The van der Waals surface area contributed by atoms with Crippen LogP contribution in [0.1, 0.15) is 0 Å². The predicted octanol–water partition coefficient (Wildman–Crippen LogP) is 9.24. The molecule has 4 rings (SSSR count). The third-order valence-electron chi connectivity index (χ3n) is 5.03. The summed E-state index contributed by atoms with van der Waals surface area (Å²) >= 11 is 25.3. The van der Waals surface area contributed by atoms with Crippen LogP contribution in [-0.2, 0) is 0 Å². The Kier molecular flexibility index (Phi) is 7.14. The van der Waals surface area contributed by atoms with Crippen molar-refractivity contribution in [1.29, 1.82) is 0 Å². The SMILES string of the molecule is O=[N+]([O-])c1c(Cl)cc(Oc2cc(Cl)c([N+](=O)[O-])c(Cl)c2-c2ccccc2)c(-c2ccccc2)c1Cl. The number of rotatable bonds is 6. The fraction of sp³-hybridized carbons (Fsp3) is 0. The molecule has 0 N–H and O–H groups in total. The average Bonchev–Trinajstić information content (AvgIpc) is 2.79. The summed E-state index contributed by atoms with van der Waals surface area (Å²) in [4.78, 5) is 21.9. The van der Waals surface area contributed by atoms with E-state index in [4.69, 9.17) is 51.1 Å². The molecular formula is C24H12Cl4N2O5. The summed E-state index contributed by atoms with van der Waals surface area (Å²) in [6.45, 7) is 0. The van der Waals surface area contributed by atoms with Crippen molar-refractivity contribution in [2.45, 2.75) is 0 Å². The maximum atomic E-state index is 11.6. The minimum atomic E-state index is -0.685. The highest BCUT2D eigenvalue weighted by atomic mass is 35.5. The molecule has 35 heavy (non-hydrogen) atoms. The van der Waals surface area contributed by atoms with E-state index in [0.717, 1.165) is 0 Å². The highest BCUT2D eigenvalue weighted by molar-refractivity contribution is 6.41. The number of ether oxygens (including phenoxy) is 1. The van der Waals surface area contributed by atoms with Gasteiger partial charge in [-0.1, -0.05) is 107 Å². The molecule has 0 aliphatic rings. The van der Waals surface area contributed by atoms with Crippen LogP contribution in [0.5, 0.6) is 11.5 Å². The molecule has 4 aromatic carbocycles. The summed E-state index contributed by atoms with van der Waals surface area (Å²) < 4.78 is 6.16. The van der Waals surface area contributed by atoms with Gasteiger partial charge < -0.3 is 4.74 Å². The van der Waals surface area contributed by atoms with Crippen molar-refractivity contribution in [3.63, 3.8) is 0 Å². The summed E-state index contributed by atoms with van der Waals surface area (Å²) in [6.07, 6.45) is 0. The van der Waals surface area contributed by atoms with E-state index in [1.165, 1.54) is 12.1 Å². The van der Waals surface area contributed by atoms with Crippen LogP contribution in [0.3, 0.4) is 0 Å². The van der Waals surface area contributed by atoms with Gasteiger partial charge in [-0.3, -0.25) is 20.2 Å². The molecule has 176 valence electrons. The second-order valence-electron chi connectivity index (χ2n) is 7.14. The highest BCUT2D eigenvalue weighted by Gasteiger charge is 2.30. The first-order valence-electron chi connectivity index (χ1n) is 9.82. The van der Waals surface area contributed by atoms with E-state index in [2.05, 4.69) is 0 Å².